The minimum absolute atomic E-state index is 0.0362. The lowest BCUT2D eigenvalue weighted by atomic mass is 9.96. The third-order valence-corrected chi connectivity index (χ3v) is 5.50. The Morgan fingerprint density at radius 2 is 1.50 bits per heavy atom. The van der Waals surface area contributed by atoms with Gasteiger partial charge >= 0.3 is 0 Å². The molecular weight excluding hydrogens is 356 g/mol. The van der Waals surface area contributed by atoms with E-state index in [1.807, 2.05) is 0 Å². The Morgan fingerprint density at radius 3 is 2.23 bits per heavy atom. The van der Waals surface area contributed by atoms with Crippen LogP contribution in [-0.4, -0.2) is 0 Å². The van der Waals surface area contributed by atoms with E-state index in [0.29, 0.717) is 25.2 Å². The average Bonchev–Trinajstić information content (AvgIpc) is 3.28. The van der Waals surface area contributed by atoms with Crippen molar-refractivity contribution in [1.82, 2.24) is 0 Å². The minimum Gasteiger partial charge on any atom is -0.134 e. The number of benzene rings is 4. The van der Waals surface area contributed by atoms with Crippen molar-refractivity contribution in [2.45, 2.75) is 0 Å². The fourth-order valence-electron chi connectivity index (χ4n) is 2.89. The van der Waals surface area contributed by atoms with Gasteiger partial charge in [-0.25, -0.2) is 0 Å². The molecule has 0 aliphatic heterocycles. The molecular formula is C24H15ClS. The fraction of sp³-hybridized carbons (Fsp3) is 0. The van der Waals surface area contributed by atoms with Crippen LogP contribution in [0.2, 0.25) is 5.02 Å². The molecule has 0 N–H and O–H groups in total. The van der Waals surface area contributed by atoms with Gasteiger partial charge in [0, 0.05) is 30.8 Å². The maximum atomic E-state index is 9.06. The first-order valence-corrected chi connectivity index (χ1v) is 8.86. The lowest BCUT2D eigenvalue weighted by molar-refractivity contribution is 1.63. The third-order valence-electron chi connectivity index (χ3n) is 4.00. The van der Waals surface area contributed by atoms with E-state index in [-0.39, 0.29) is 28.3 Å². The summed E-state index contributed by atoms with van der Waals surface area (Å²) in [6, 6.07) is 1.04. The summed E-state index contributed by atoms with van der Waals surface area (Å²) >= 11 is 7.75. The van der Waals surface area contributed by atoms with E-state index in [0.717, 1.165) is 0 Å². The molecule has 0 fully saturated rings. The molecule has 0 atom stereocenters. The fourth-order valence-corrected chi connectivity index (χ4v) is 4.42. The Kier molecular flexibility index (Phi) is 1.92. The van der Waals surface area contributed by atoms with Crippen molar-refractivity contribution in [3.8, 4) is 22.3 Å². The highest BCUT2D eigenvalue weighted by atomic mass is 35.5. The Morgan fingerprint density at radius 1 is 0.808 bits per heavy atom. The van der Waals surface area contributed by atoms with Gasteiger partial charge in [0.05, 0.1) is 15.1 Å². The van der Waals surface area contributed by atoms with Crippen molar-refractivity contribution >= 4 is 43.1 Å². The zero-order chi connectivity index (χ0) is 27.1. The SMILES string of the molecule is [2H]c1c([2H])c([2H])c(-c2cc(-c3c([2H])c([2H])c([2H])c([2H])c3[2H])c3sc4cccc(Cl)c4c3c2[2H])c([2H])c1[2H]. The molecule has 0 saturated carbocycles. The zero-order valence-electron chi connectivity index (χ0n) is 24.1. The van der Waals surface area contributed by atoms with E-state index < -0.39 is 60.4 Å². The predicted octanol–water partition coefficient (Wildman–Crippen LogP) is 8.04. The lowest BCUT2D eigenvalue weighted by Crippen LogP contribution is -1.83. The summed E-state index contributed by atoms with van der Waals surface area (Å²) < 4.78 is 92.6. The second-order valence-electron chi connectivity index (χ2n) is 5.52. The number of halogens is 1. The van der Waals surface area contributed by atoms with Crippen LogP contribution in [0.1, 0.15) is 15.1 Å². The van der Waals surface area contributed by atoms with E-state index in [1.54, 1.807) is 18.2 Å². The highest BCUT2D eigenvalue weighted by Crippen LogP contribution is 2.44. The summed E-state index contributed by atoms with van der Waals surface area (Å²) in [5.74, 6) is 0. The Labute approximate surface area is 176 Å². The van der Waals surface area contributed by atoms with Crippen LogP contribution < -0.4 is 0 Å². The van der Waals surface area contributed by atoms with Crippen LogP contribution in [0, 0.1) is 0 Å². The highest BCUT2D eigenvalue weighted by molar-refractivity contribution is 7.26. The molecule has 0 nitrogen and oxygen atoms in total. The van der Waals surface area contributed by atoms with Crippen LogP contribution >= 0.6 is 22.9 Å². The first-order chi connectivity index (χ1) is 17.4. The number of hydrogen-bond acceptors (Lipinski definition) is 1. The largest absolute Gasteiger partial charge is 0.134 e. The summed E-state index contributed by atoms with van der Waals surface area (Å²) in [6.45, 7) is 0. The molecule has 1 heterocycles. The van der Waals surface area contributed by atoms with Gasteiger partial charge in [-0.05, 0) is 40.9 Å². The minimum atomic E-state index is -0.582. The van der Waals surface area contributed by atoms with Gasteiger partial charge in [-0.3, -0.25) is 0 Å². The standard InChI is InChI=1S/C24H15ClS/c25-21-12-7-13-22-23(21)20-15-18(16-8-3-1-4-9-16)14-19(24(20)26-22)17-10-5-2-6-11-17/h1-15H/i1D,2D,3D,4D,5D,6D,8D,9D,10D,11D,15D. The van der Waals surface area contributed by atoms with Gasteiger partial charge in [-0.15, -0.1) is 11.3 Å². The van der Waals surface area contributed by atoms with Gasteiger partial charge < -0.3 is 0 Å². The molecule has 0 aliphatic carbocycles. The van der Waals surface area contributed by atoms with E-state index >= 15 is 0 Å². The topological polar surface area (TPSA) is 0 Å². The van der Waals surface area contributed by atoms with E-state index in [9.17, 15) is 0 Å². The van der Waals surface area contributed by atoms with E-state index in [1.165, 1.54) is 17.4 Å². The maximum absolute atomic E-state index is 9.06. The Bertz CT molecular complexity index is 1750. The number of hydrogen-bond donors (Lipinski definition) is 0. The van der Waals surface area contributed by atoms with Crippen LogP contribution in [0.15, 0.2) is 90.7 Å². The maximum Gasteiger partial charge on any atom is 0.0636 e. The molecule has 4 aromatic carbocycles. The van der Waals surface area contributed by atoms with Crippen molar-refractivity contribution in [2.75, 3.05) is 0 Å². The van der Waals surface area contributed by atoms with Crippen LogP contribution in [-0.2, 0) is 0 Å². The normalized spacial score (nSPS) is 17.2. The molecule has 0 saturated heterocycles. The Hall–Kier alpha value is -2.61. The molecule has 124 valence electrons. The first kappa shape index (κ1) is 7.96. The molecule has 2 heteroatoms. The average molecular weight is 382 g/mol. The molecule has 0 aliphatic rings. The van der Waals surface area contributed by atoms with Gasteiger partial charge in [0.2, 0.25) is 0 Å². The molecule has 0 unspecified atom stereocenters. The van der Waals surface area contributed by atoms with Crippen molar-refractivity contribution in [1.29, 1.82) is 0 Å². The molecule has 0 radical (unpaired) electrons. The number of thiophene rings is 1. The van der Waals surface area contributed by atoms with Crippen LogP contribution in [0.4, 0.5) is 0 Å². The third kappa shape index (κ3) is 2.52. The van der Waals surface area contributed by atoms with Gasteiger partial charge in [0.1, 0.15) is 0 Å². The molecule has 0 spiro atoms. The van der Waals surface area contributed by atoms with Gasteiger partial charge in [-0.1, -0.05) is 78.1 Å². The summed E-state index contributed by atoms with van der Waals surface area (Å²) in [7, 11) is 0. The van der Waals surface area contributed by atoms with Crippen molar-refractivity contribution < 1.29 is 15.1 Å². The number of fused-ring (bicyclic) bond motifs is 3. The predicted molar refractivity (Wildman–Crippen MR) is 115 cm³/mol. The van der Waals surface area contributed by atoms with Gasteiger partial charge in [0.15, 0.2) is 0 Å². The smallest absolute Gasteiger partial charge is 0.0636 e. The second kappa shape index (κ2) is 6.28. The van der Waals surface area contributed by atoms with Crippen LogP contribution in [0.5, 0.6) is 0 Å². The van der Waals surface area contributed by atoms with Gasteiger partial charge in [-0.2, -0.15) is 0 Å². The van der Waals surface area contributed by atoms with Crippen molar-refractivity contribution in [3.05, 3.63) is 95.8 Å². The Balaban J connectivity index is 2.07. The van der Waals surface area contributed by atoms with Crippen molar-refractivity contribution in [2.24, 2.45) is 0 Å². The lowest BCUT2D eigenvalue weighted by Gasteiger charge is -2.09. The first-order valence-electron chi connectivity index (χ1n) is 13.2. The molecule has 0 bridgehead atoms. The van der Waals surface area contributed by atoms with Crippen LogP contribution in [0.25, 0.3) is 42.4 Å². The summed E-state index contributed by atoms with van der Waals surface area (Å²) in [5.41, 5.74) is -0.196. The summed E-state index contributed by atoms with van der Waals surface area (Å²) in [4.78, 5) is 0. The number of rotatable bonds is 2. The monoisotopic (exact) mass is 381 g/mol. The van der Waals surface area contributed by atoms with Gasteiger partial charge in [0.25, 0.3) is 0 Å². The van der Waals surface area contributed by atoms with E-state index in [2.05, 4.69) is 0 Å². The van der Waals surface area contributed by atoms with Crippen molar-refractivity contribution in [3.63, 3.8) is 0 Å². The molecule has 26 heavy (non-hydrogen) atoms. The summed E-state index contributed by atoms with van der Waals surface area (Å²) in [5, 5.41) is 1.12. The zero-order valence-corrected chi connectivity index (χ0v) is 14.7. The molecule has 5 rings (SSSR count). The highest BCUT2D eigenvalue weighted by Gasteiger charge is 2.14. The summed E-state index contributed by atoms with van der Waals surface area (Å²) in [6.07, 6.45) is 0. The molecule has 5 aromatic rings. The molecule has 1 aromatic heterocycles. The van der Waals surface area contributed by atoms with Crippen LogP contribution in [0.3, 0.4) is 0 Å². The second-order valence-corrected chi connectivity index (χ2v) is 6.98. The quantitative estimate of drug-likeness (QED) is 0.290. The molecule has 0 amide bonds. The van der Waals surface area contributed by atoms with E-state index in [4.69, 9.17) is 26.7 Å².